The topological polar surface area (TPSA) is 299 Å². The van der Waals surface area contributed by atoms with Crippen molar-refractivity contribution in [1.29, 1.82) is 0 Å². The average molecular weight is 760 g/mol. The molecule has 0 saturated heterocycles. The van der Waals surface area contributed by atoms with E-state index in [4.69, 9.17) is 42.1 Å². The number of nitrogens with two attached hydrogens (primary N) is 2. The number of carbonyl (C=O) groups is 2. The summed E-state index contributed by atoms with van der Waals surface area (Å²) in [6, 6.07) is 0. The van der Waals surface area contributed by atoms with Crippen LogP contribution in [0.5, 0.6) is 0 Å². The zero-order chi connectivity index (χ0) is 29.2. The molecule has 16 nitrogen and oxygen atoms in total. The second-order valence-electron chi connectivity index (χ2n) is 7.03. The molecule has 0 spiro atoms. The SMILES string of the molecule is CCS(=O)CCC(=O)[O-].CCS(=O)CCC(=O)[O-].NCC1(CN)CCCCC1.O=[N+]([O-])[O-].O=[N+]([O-])[O-].[Pt+4]. The fourth-order valence-electron chi connectivity index (χ4n) is 2.48. The van der Waals surface area contributed by atoms with Crippen LogP contribution in [0.25, 0.3) is 0 Å². The minimum atomic E-state index is -1.75. The summed E-state index contributed by atoms with van der Waals surface area (Å²) in [5, 5.41) is 49.0. The van der Waals surface area contributed by atoms with E-state index < -0.39 is 43.7 Å². The van der Waals surface area contributed by atoms with Crippen molar-refractivity contribution in [1.82, 2.24) is 0 Å². The molecule has 0 bridgehead atoms. The van der Waals surface area contributed by atoms with Crippen molar-refractivity contribution in [2.45, 2.75) is 58.8 Å². The molecule has 2 atom stereocenters. The molecule has 0 heterocycles. The first-order valence-electron chi connectivity index (χ1n) is 10.8. The molecule has 0 aromatic heterocycles. The van der Waals surface area contributed by atoms with Gasteiger partial charge in [-0.2, -0.15) is 0 Å². The van der Waals surface area contributed by atoms with Crippen molar-refractivity contribution < 1.29 is 59.5 Å². The molecule has 1 aliphatic rings. The molecule has 1 aliphatic carbocycles. The monoisotopic (exact) mass is 759 g/mol. The molecule has 0 radical (unpaired) electrons. The van der Waals surface area contributed by atoms with Gasteiger partial charge in [0.05, 0.1) is 10.2 Å². The summed E-state index contributed by atoms with van der Waals surface area (Å²) in [4.78, 5) is 36.0. The Kier molecular flexibility index (Phi) is 37.2. The fourth-order valence-corrected chi connectivity index (χ4v) is 3.84. The molecule has 1 saturated carbocycles. The third-order valence-electron chi connectivity index (χ3n) is 4.49. The van der Waals surface area contributed by atoms with Gasteiger partial charge in [-0.25, -0.2) is 0 Å². The maximum atomic E-state index is 10.5. The molecule has 0 aromatic rings. The smallest absolute Gasteiger partial charge is 0.550 e. The van der Waals surface area contributed by atoms with E-state index in [-0.39, 0.29) is 45.4 Å². The van der Waals surface area contributed by atoms with Gasteiger partial charge < -0.3 is 61.9 Å². The van der Waals surface area contributed by atoms with Gasteiger partial charge in [-0.3, -0.25) is 8.42 Å². The van der Waals surface area contributed by atoms with Gasteiger partial charge in [0.1, 0.15) is 0 Å². The van der Waals surface area contributed by atoms with Crippen LogP contribution in [0.15, 0.2) is 0 Å². The van der Waals surface area contributed by atoms with Gasteiger partial charge in [-0.05, 0) is 44.2 Å². The molecular weight excluding hydrogens is 723 g/mol. The molecule has 0 amide bonds. The summed E-state index contributed by atoms with van der Waals surface area (Å²) in [6.07, 6.45) is 6.34. The van der Waals surface area contributed by atoms with Gasteiger partial charge in [-0.1, -0.05) is 33.1 Å². The number of hydrogen-bond acceptors (Lipinski definition) is 14. The van der Waals surface area contributed by atoms with Crippen LogP contribution < -0.4 is 21.7 Å². The van der Waals surface area contributed by atoms with E-state index in [1.54, 1.807) is 13.8 Å². The first-order chi connectivity index (χ1) is 16.6. The van der Waals surface area contributed by atoms with Crippen LogP contribution in [0, 0.1) is 36.1 Å². The van der Waals surface area contributed by atoms with E-state index in [0.29, 0.717) is 16.9 Å². The Bertz CT molecular complexity index is 613. The van der Waals surface area contributed by atoms with Crippen LogP contribution in [-0.4, -0.2) is 66.6 Å². The number of nitrogens with zero attached hydrogens (tertiary/aromatic N) is 2. The Balaban J connectivity index is -0.000000120. The van der Waals surface area contributed by atoms with Gasteiger partial charge in [0, 0.05) is 56.5 Å². The van der Waals surface area contributed by atoms with Crippen molar-refractivity contribution in [2.24, 2.45) is 16.9 Å². The van der Waals surface area contributed by atoms with Crippen molar-refractivity contribution >= 4 is 33.5 Å². The van der Waals surface area contributed by atoms with Gasteiger partial charge >= 0.3 is 21.1 Å². The number of aliphatic carboxylic acids is 2. The summed E-state index contributed by atoms with van der Waals surface area (Å²) >= 11 is 0. The standard InChI is InChI=1S/C8H18N2.2C5H10O3S.2NO3.Pt/c9-6-8(7-10)4-2-1-3-5-8;2*1-2-9(8)4-3-5(6)7;2*2-1(3)4;/h1-7,9-10H2;2*2-4H2,1H3,(H,6,7);;;/q;;;2*-1;+4/p-2. The zero-order valence-corrected chi connectivity index (χ0v) is 24.7. The Hall–Kier alpha value is -1.75. The summed E-state index contributed by atoms with van der Waals surface area (Å²) in [7, 11) is -1.94. The van der Waals surface area contributed by atoms with E-state index in [2.05, 4.69) is 0 Å². The van der Waals surface area contributed by atoms with E-state index in [0.717, 1.165) is 13.1 Å². The van der Waals surface area contributed by atoms with Crippen molar-refractivity contribution in [3.05, 3.63) is 30.6 Å². The maximum Gasteiger partial charge on any atom is 4.00 e. The second-order valence-corrected chi connectivity index (χ2v) is 10.8. The van der Waals surface area contributed by atoms with Gasteiger partial charge in [0.2, 0.25) is 0 Å². The molecule has 1 fully saturated rings. The third-order valence-corrected chi connectivity index (χ3v) is 7.10. The summed E-state index contributed by atoms with van der Waals surface area (Å²) in [5.74, 6) is -0.772. The van der Waals surface area contributed by atoms with Crippen LogP contribution in [0.3, 0.4) is 0 Å². The van der Waals surface area contributed by atoms with Crippen molar-refractivity contribution in [3.8, 4) is 0 Å². The van der Waals surface area contributed by atoms with Crippen LogP contribution in [0.4, 0.5) is 0 Å². The molecule has 0 aromatic carbocycles. The first kappa shape index (κ1) is 45.2. The normalized spacial score (nSPS) is 14.3. The van der Waals surface area contributed by atoms with E-state index >= 15 is 0 Å². The molecular formula is C18H36N4O12PtS2. The summed E-state index contributed by atoms with van der Waals surface area (Å²) in [6.45, 7) is 5.07. The first-order valence-corrected chi connectivity index (χ1v) is 13.7. The van der Waals surface area contributed by atoms with Gasteiger partial charge in [0.25, 0.3) is 0 Å². The fraction of sp³-hybridized carbons (Fsp3) is 0.889. The van der Waals surface area contributed by atoms with E-state index in [1.807, 2.05) is 0 Å². The zero-order valence-electron chi connectivity index (χ0n) is 20.8. The largest absolute Gasteiger partial charge is 4.00 e. The number of hydrogen-bond donors (Lipinski definition) is 2. The molecule has 2 unspecified atom stereocenters. The molecule has 4 N–H and O–H groups in total. The molecule has 0 aliphatic heterocycles. The number of carboxylic acid groups (broad SMARTS) is 2. The third kappa shape index (κ3) is 44.6. The molecule has 1 rings (SSSR count). The quantitative estimate of drug-likeness (QED) is 0.183. The minimum Gasteiger partial charge on any atom is -0.550 e. The van der Waals surface area contributed by atoms with E-state index in [9.17, 15) is 28.2 Å². The van der Waals surface area contributed by atoms with Crippen LogP contribution in [0.2, 0.25) is 0 Å². The van der Waals surface area contributed by atoms with Crippen molar-refractivity contribution in [2.75, 3.05) is 36.1 Å². The summed E-state index contributed by atoms with van der Waals surface area (Å²) < 4.78 is 21.1. The number of rotatable bonds is 10. The Morgan fingerprint density at radius 3 is 1.19 bits per heavy atom. The predicted molar refractivity (Wildman–Crippen MR) is 131 cm³/mol. The molecule has 222 valence electrons. The summed E-state index contributed by atoms with van der Waals surface area (Å²) in [5.41, 5.74) is 11.7. The predicted octanol–water partition coefficient (Wildman–Crippen LogP) is -1.84. The maximum absolute atomic E-state index is 10.5. The van der Waals surface area contributed by atoms with Gasteiger partial charge in [0.15, 0.2) is 0 Å². The van der Waals surface area contributed by atoms with Crippen molar-refractivity contribution in [3.63, 3.8) is 0 Å². The molecule has 19 heteroatoms. The Morgan fingerprint density at radius 2 is 1.03 bits per heavy atom. The van der Waals surface area contributed by atoms with E-state index in [1.165, 1.54) is 32.1 Å². The van der Waals surface area contributed by atoms with Crippen LogP contribution >= 0.6 is 0 Å². The molecule has 37 heavy (non-hydrogen) atoms. The van der Waals surface area contributed by atoms with Crippen LogP contribution in [0.1, 0.15) is 58.8 Å². The van der Waals surface area contributed by atoms with Gasteiger partial charge in [-0.15, -0.1) is 0 Å². The average Bonchev–Trinajstić information content (AvgIpc) is 2.81. The number of carboxylic acids is 2. The Labute approximate surface area is 234 Å². The second kappa shape index (κ2) is 30.5. The number of carbonyl (C=O) groups excluding carboxylic acids is 2. The Morgan fingerprint density at radius 1 is 0.757 bits per heavy atom. The minimum absolute atomic E-state index is 0. The van der Waals surface area contributed by atoms with Crippen LogP contribution in [-0.2, 0) is 52.3 Å².